The van der Waals surface area contributed by atoms with Crippen LogP contribution in [0.25, 0.3) is 0 Å². The number of hydrogen-bond acceptors (Lipinski definition) is 3. The van der Waals surface area contributed by atoms with Gasteiger partial charge >= 0.3 is 0 Å². The van der Waals surface area contributed by atoms with Crippen LogP contribution >= 0.6 is 0 Å². The predicted octanol–water partition coefficient (Wildman–Crippen LogP) is 2.97. The second-order valence-electron chi connectivity index (χ2n) is 6.07. The van der Waals surface area contributed by atoms with Crippen molar-refractivity contribution in [2.75, 3.05) is 6.54 Å². The Hall–Kier alpha value is -1.38. The number of hydrogen-bond donors (Lipinski definition) is 1. The number of nitrogens with zero attached hydrogens (tertiary/aromatic N) is 1. The third-order valence-corrected chi connectivity index (χ3v) is 5.75. The molecule has 0 saturated heterocycles. The molecule has 2 rings (SSSR count). The summed E-state index contributed by atoms with van der Waals surface area (Å²) in [6.07, 6.45) is 4.55. The van der Waals surface area contributed by atoms with Crippen LogP contribution in [0.2, 0.25) is 0 Å². The van der Waals surface area contributed by atoms with Crippen molar-refractivity contribution >= 4 is 10.0 Å². The smallest absolute Gasteiger partial charge is 0.211 e. The average molecular weight is 306 g/mol. The second-order valence-corrected chi connectivity index (χ2v) is 7.83. The Bertz CT molecular complexity index is 639. The maximum Gasteiger partial charge on any atom is 0.240 e. The van der Waals surface area contributed by atoms with Crippen LogP contribution in [-0.2, 0) is 10.0 Å². The van der Waals surface area contributed by atoms with Crippen LogP contribution in [-0.4, -0.2) is 15.0 Å². The zero-order chi connectivity index (χ0) is 15.5. The van der Waals surface area contributed by atoms with Crippen LogP contribution in [0, 0.1) is 30.1 Å². The number of nitrogens with one attached hydrogen (secondary N) is 1. The number of nitriles is 1. The maximum atomic E-state index is 12.3. The predicted molar refractivity (Wildman–Crippen MR) is 82.2 cm³/mol. The van der Waals surface area contributed by atoms with Gasteiger partial charge in [0.05, 0.1) is 16.5 Å². The van der Waals surface area contributed by atoms with Crippen LogP contribution < -0.4 is 4.72 Å². The van der Waals surface area contributed by atoms with Gasteiger partial charge in [0.25, 0.3) is 0 Å². The summed E-state index contributed by atoms with van der Waals surface area (Å²) in [7, 11) is -3.48. The summed E-state index contributed by atoms with van der Waals surface area (Å²) < 4.78 is 27.3. The summed E-state index contributed by atoms with van der Waals surface area (Å²) >= 11 is 0. The van der Waals surface area contributed by atoms with E-state index in [1.165, 1.54) is 18.9 Å². The fourth-order valence-corrected chi connectivity index (χ4v) is 3.97. The van der Waals surface area contributed by atoms with Crippen LogP contribution in [0.5, 0.6) is 0 Å². The lowest BCUT2D eigenvalue weighted by Gasteiger charge is -2.26. The highest BCUT2D eigenvalue weighted by Gasteiger charge is 2.21. The lowest BCUT2D eigenvalue weighted by molar-refractivity contribution is 0.290. The number of aryl methyl sites for hydroxylation is 1. The molecule has 0 spiro atoms. The quantitative estimate of drug-likeness (QED) is 0.929. The highest BCUT2D eigenvalue weighted by molar-refractivity contribution is 7.89. The minimum Gasteiger partial charge on any atom is -0.211 e. The highest BCUT2D eigenvalue weighted by atomic mass is 32.2. The van der Waals surface area contributed by atoms with Gasteiger partial charge < -0.3 is 0 Å². The van der Waals surface area contributed by atoms with Gasteiger partial charge in [-0.1, -0.05) is 19.8 Å². The fraction of sp³-hybridized carbons (Fsp3) is 0.562. The van der Waals surface area contributed by atoms with Crippen molar-refractivity contribution in [1.82, 2.24) is 4.72 Å². The van der Waals surface area contributed by atoms with Crippen LogP contribution in [0.15, 0.2) is 23.1 Å². The van der Waals surface area contributed by atoms with Crippen LogP contribution in [0.3, 0.4) is 0 Å². The van der Waals surface area contributed by atoms with Gasteiger partial charge in [0.2, 0.25) is 10.0 Å². The molecule has 114 valence electrons. The molecule has 0 radical (unpaired) electrons. The first-order chi connectivity index (χ1) is 9.92. The normalized spacial score (nSPS) is 22.7. The molecule has 0 bridgehead atoms. The molecule has 5 heteroatoms. The van der Waals surface area contributed by atoms with Crippen molar-refractivity contribution in [2.24, 2.45) is 11.8 Å². The molecule has 1 saturated carbocycles. The molecule has 4 nitrogen and oxygen atoms in total. The van der Waals surface area contributed by atoms with Crippen molar-refractivity contribution in [3.8, 4) is 6.07 Å². The monoisotopic (exact) mass is 306 g/mol. The minimum absolute atomic E-state index is 0.239. The highest BCUT2D eigenvalue weighted by Crippen LogP contribution is 2.28. The van der Waals surface area contributed by atoms with Gasteiger partial charge in [0.1, 0.15) is 0 Å². The van der Waals surface area contributed by atoms with Gasteiger partial charge in [0.15, 0.2) is 0 Å². The van der Waals surface area contributed by atoms with Crippen molar-refractivity contribution in [1.29, 1.82) is 5.26 Å². The van der Waals surface area contributed by atoms with Gasteiger partial charge in [0, 0.05) is 6.54 Å². The topological polar surface area (TPSA) is 70.0 Å². The van der Waals surface area contributed by atoms with E-state index < -0.39 is 10.0 Å². The molecule has 0 amide bonds. The van der Waals surface area contributed by atoms with E-state index in [-0.39, 0.29) is 4.90 Å². The van der Waals surface area contributed by atoms with Gasteiger partial charge in [-0.05, 0) is 55.4 Å². The van der Waals surface area contributed by atoms with Crippen LogP contribution in [0.4, 0.5) is 0 Å². The molecule has 0 heterocycles. The Morgan fingerprint density at radius 3 is 2.52 bits per heavy atom. The van der Waals surface area contributed by atoms with E-state index in [0.29, 0.717) is 23.6 Å². The lowest BCUT2D eigenvalue weighted by Crippen LogP contribution is -2.31. The summed E-state index contributed by atoms with van der Waals surface area (Å²) in [5.41, 5.74) is 1.20. The summed E-state index contributed by atoms with van der Waals surface area (Å²) in [5, 5.41) is 8.89. The molecule has 1 aliphatic rings. The zero-order valence-electron chi connectivity index (χ0n) is 12.6. The van der Waals surface area contributed by atoms with Crippen molar-refractivity contribution < 1.29 is 8.42 Å². The lowest BCUT2D eigenvalue weighted by atomic mass is 9.83. The second kappa shape index (κ2) is 6.59. The Labute approximate surface area is 127 Å². The van der Waals surface area contributed by atoms with E-state index in [4.69, 9.17) is 5.26 Å². The van der Waals surface area contributed by atoms with Crippen molar-refractivity contribution in [2.45, 2.75) is 44.4 Å². The molecule has 1 aromatic rings. The van der Waals surface area contributed by atoms with E-state index in [9.17, 15) is 8.42 Å². The minimum atomic E-state index is -3.48. The van der Waals surface area contributed by atoms with E-state index in [1.54, 1.807) is 19.1 Å². The van der Waals surface area contributed by atoms with Crippen LogP contribution in [0.1, 0.15) is 43.7 Å². The Balaban J connectivity index is 2.02. The van der Waals surface area contributed by atoms with Crippen molar-refractivity contribution in [3.05, 3.63) is 29.3 Å². The summed E-state index contributed by atoms with van der Waals surface area (Å²) in [6, 6.07) is 6.66. The van der Waals surface area contributed by atoms with E-state index in [0.717, 1.165) is 18.8 Å². The molecule has 0 aliphatic heterocycles. The number of rotatable bonds is 4. The van der Waals surface area contributed by atoms with E-state index in [2.05, 4.69) is 11.6 Å². The van der Waals surface area contributed by atoms with Gasteiger partial charge in [-0.3, -0.25) is 0 Å². The Morgan fingerprint density at radius 2 is 1.95 bits per heavy atom. The Kier molecular flexibility index (Phi) is 5.02. The molecule has 1 aromatic carbocycles. The first kappa shape index (κ1) is 16.0. The molecule has 1 N–H and O–H groups in total. The number of sulfonamides is 1. The average Bonchev–Trinajstić information content (AvgIpc) is 2.46. The molecular weight excluding hydrogens is 284 g/mol. The molecule has 0 aromatic heterocycles. The number of benzene rings is 1. The van der Waals surface area contributed by atoms with Gasteiger partial charge in [-0.15, -0.1) is 0 Å². The standard InChI is InChI=1S/C16H22N2O2S/c1-12-3-5-14(6-4-12)11-18-21(19,20)16-8-7-15(10-17)13(2)9-16/h7-9,12,14,18H,3-6,11H2,1-2H3. The SMILES string of the molecule is Cc1cc(S(=O)(=O)NCC2CCC(C)CC2)ccc1C#N. The van der Waals surface area contributed by atoms with E-state index >= 15 is 0 Å². The molecule has 1 aliphatic carbocycles. The molecule has 0 atom stereocenters. The Morgan fingerprint density at radius 1 is 1.29 bits per heavy atom. The largest absolute Gasteiger partial charge is 0.240 e. The fourth-order valence-electron chi connectivity index (χ4n) is 2.77. The molecule has 0 unspecified atom stereocenters. The molecule has 21 heavy (non-hydrogen) atoms. The molecule has 1 fully saturated rings. The maximum absolute atomic E-state index is 12.3. The summed E-state index contributed by atoms with van der Waals surface area (Å²) in [4.78, 5) is 0.239. The third-order valence-electron chi connectivity index (χ3n) is 4.33. The van der Waals surface area contributed by atoms with Gasteiger partial charge in [-0.25, -0.2) is 13.1 Å². The summed E-state index contributed by atoms with van der Waals surface area (Å²) in [5.74, 6) is 1.20. The first-order valence-corrected chi connectivity index (χ1v) is 8.91. The zero-order valence-corrected chi connectivity index (χ0v) is 13.4. The summed E-state index contributed by atoms with van der Waals surface area (Å²) in [6.45, 7) is 4.51. The first-order valence-electron chi connectivity index (χ1n) is 7.43. The third kappa shape index (κ3) is 4.05. The molecular formula is C16H22N2O2S. The van der Waals surface area contributed by atoms with Gasteiger partial charge in [-0.2, -0.15) is 5.26 Å². The van der Waals surface area contributed by atoms with E-state index in [1.807, 2.05) is 6.07 Å². The van der Waals surface area contributed by atoms with Crippen molar-refractivity contribution in [3.63, 3.8) is 0 Å².